The largest absolute Gasteiger partial charge is 0.465 e. The highest BCUT2D eigenvalue weighted by molar-refractivity contribution is 5.93. The lowest BCUT2D eigenvalue weighted by molar-refractivity contribution is -0.211. The number of carbonyl (C=O) groups excluding carboxylic acids is 1. The van der Waals surface area contributed by atoms with Crippen molar-refractivity contribution in [1.29, 1.82) is 0 Å². The lowest BCUT2D eigenvalue weighted by atomic mass is 10.0. The molecule has 0 saturated carbocycles. The maximum Gasteiger partial charge on any atom is 0.338 e. The summed E-state index contributed by atoms with van der Waals surface area (Å²) in [4.78, 5) is 11.9. The Kier molecular flexibility index (Phi) is 5.58. The summed E-state index contributed by atoms with van der Waals surface area (Å²) in [5, 5.41) is 0. The normalized spacial score (nSPS) is 29.7. The standard InChI is InChI=1S/C20H24O6/c1-5-12-23-16-15(24-19-17(16)25-20(2,3)26-19)11-10-13-8-6-7-9-14(13)18(21)22-4/h5-11,15-17,19H,1,12H2,2-4H3/b11-10+/t15-,16+,17-,19-/m1/s1. The van der Waals surface area contributed by atoms with Crippen molar-refractivity contribution in [2.45, 2.75) is 44.2 Å². The lowest BCUT2D eigenvalue weighted by Crippen LogP contribution is -2.36. The number of rotatable bonds is 6. The zero-order valence-corrected chi connectivity index (χ0v) is 15.2. The molecular formula is C20H24O6. The number of fused-ring (bicyclic) bond motifs is 1. The fourth-order valence-corrected chi connectivity index (χ4v) is 3.16. The van der Waals surface area contributed by atoms with Gasteiger partial charge >= 0.3 is 5.97 Å². The van der Waals surface area contributed by atoms with Crippen LogP contribution in [0.4, 0.5) is 0 Å². The second-order valence-corrected chi connectivity index (χ2v) is 6.59. The van der Waals surface area contributed by atoms with Crippen LogP contribution in [0.2, 0.25) is 0 Å². The van der Waals surface area contributed by atoms with Crippen LogP contribution in [0.3, 0.4) is 0 Å². The molecule has 2 saturated heterocycles. The SMILES string of the molecule is C=CCO[C@@H]1[C@H]2OC(C)(C)O[C@H]2O[C@@H]1/C=C/c1ccccc1C(=O)OC. The van der Waals surface area contributed by atoms with Crippen LogP contribution in [0.1, 0.15) is 29.8 Å². The van der Waals surface area contributed by atoms with Crippen molar-refractivity contribution in [2.24, 2.45) is 0 Å². The highest BCUT2D eigenvalue weighted by atomic mass is 16.8. The zero-order chi connectivity index (χ0) is 18.7. The van der Waals surface area contributed by atoms with E-state index in [4.69, 9.17) is 23.7 Å². The predicted octanol–water partition coefficient (Wildman–Crippen LogP) is 2.93. The highest BCUT2D eigenvalue weighted by Crippen LogP contribution is 2.39. The maximum atomic E-state index is 11.9. The van der Waals surface area contributed by atoms with E-state index in [1.165, 1.54) is 7.11 Å². The molecule has 0 bridgehead atoms. The molecule has 0 radical (unpaired) electrons. The van der Waals surface area contributed by atoms with Gasteiger partial charge in [-0.1, -0.05) is 36.4 Å². The molecule has 0 amide bonds. The van der Waals surface area contributed by atoms with Gasteiger partial charge < -0.3 is 23.7 Å². The van der Waals surface area contributed by atoms with E-state index in [9.17, 15) is 4.79 Å². The molecule has 0 aromatic heterocycles. The first-order valence-corrected chi connectivity index (χ1v) is 8.54. The van der Waals surface area contributed by atoms with Gasteiger partial charge in [0.1, 0.15) is 18.3 Å². The molecule has 0 unspecified atom stereocenters. The summed E-state index contributed by atoms with van der Waals surface area (Å²) in [5.41, 5.74) is 1.23. The van der Waals surface area contributed by atoms with Crippen LogP contribution < -0.4 is 0 Å². The minimum atomic E-state index is -0.711. The van der Waals surface area contributed by atoms with Gasteiger partial charge in [-0.3, -0.25) is 0 Å². The number of benzene rings is 1. The van der Waals surface area contributed by atoms with E-state index in [1.807, 2.05) is 38.1 Å². The summed E-state index contributed by atoms with van der Waals surface area (Å²) in [6.07, 6.45) is 3.84. The van der Waals surface area contributed by atoms with Gasteiger partial charge in [0.25, 0.3) is 0 Å². The number of ether oxygens (including phenoxy) is 5. The van der Waals surface area contributed by atoms with Crippen molar-refractivity contribution in [3.8, 4) is 0 Å². The van der Waals surface area contributed by atoms with Gasteiger partial charge in [0.15, 0.2) is 12.1 Å². The first-order chi connectivity index (χ1) is 12.4. The van der Waals surface area contributed by atoms with Gasteiger partial charge in [-0.05, 0) is 25.5 Å². The predicted molar refractivity (Wildman–Crippen MR) is 95.5 cm³/mol. The van der Waals surface area contributed by atoms with Crippen molar-refractivity contribution in [3.63, 3.8) is 0 Å². The Labute approximate surface area is 153 Å². The molecule has 1 aromatic carbocycles. The van der Waals surface area contributed by atoms with Crippen LogP contribution in [0.25, 0.3) is 6.08 Å². The molecule has 1 aromatic rings. The smallest absolute Gasteiger partial charge is 0.338 e. The van der Waals surface area contributed by atoms with E-state index in [1.54, 1.807) is 18.2 Å². The van der Waals surface area contributed by atoms with Crippen LogP contribution in [0, 0.1) is 0 Å². The highest BCUT2D eigenvalue weighted by Gasteiger charge is 2.54. The third-order valence-corrected chi connectivity index (χ3v) is 4.27. The number of carbonyl (C=O) groups is 1. The molecule has 6 heteroatoms. The van der Waals surface area contributed by atoms with Gasteiger partial charge in [-0.25, -0.2) is 4.79 Å². The second-order valence-electron chi connectivity index (χ2n) is 6.59. The average Bonchev–Trinajstić information content (AvgIpc) is 3.09. The third kappa shape index (κ3) is 3.88. The van der Waals surface area contributed by atoms with E-state index in [0.717, 1.165) is 5.56 Å². The maximum absolute atomic E-state index is 11.9. The average molecular weight is 360 g/mol. The Morgan fingerprint density at radius 1 is 1.31 bits per heavy atom. The Morgan fingerprint density at radius 2 is 2.08 bits per heavy atom. The summed E-state index contributed by atoms with van der Waals surface area (Å²) in [5.74, 6) is -1.10. The van der Waals surface area contributed by atoms with Crippen molar-refractivity contribution >= 4 is 12.0 Å². The zero-order valence-electron chi connectivity index (χ0n) is 15.2. The Balaban J connectivity index is 1.79. The minimum Gasteiger partial charge on any atom is -0.465 e. The molecule has 2 fully saturated rings. The summed E-state index contributed by atoms with van der Waals surface area (Å²) in [7, 11) is 1.36. The van der Waals surface area contributed by atoms with Crippen molar-refractivity contribution in [3.05, 3.63) is 54.1 Å². The summed E-state index contributed by atoms with van der Waals surface area (Å²) in [6, 6.07) is 7.21. The number of esters is 1. The Hall–Kier alpha value is -1.99. The van der Waals surface area contributed by atoms with Crippen LogP contribution in [0.5, 0.6) is 0 Å². The fourth-order valence-electron chi connectivity index (χ4n) is 3.16. The van der Waals surface area contributed by atoms with Gasteiger partial charge in [-0.15, -0.1) is 6.58 Å². The van der Waals surface area contributed by atoms with E-state index in [-0.39, 0.29) is 24.3 Å². The Bertz CT molecular complexity index is 695. The molecule has 0 N–H and O–H groups in total. The molecule has 3 rings (SSSR count). The van der Waals surface area contributed by atoms with E-state index < -0.39 is 12.1 Å². The van der Waals surface area contributed by atoms with Crippen molar-refractivity contribution in [1.82, 2.24) is 0 Å². The molecule has 0 aliphatic carbocycles. The van der Waals surface area contributed by atoms with E-state index >= 15 is 0 Å². The van der Waals surface area contributed by atoms with E-state index in [2.05, 4.69) is 6.58 Å². The third-order valence-electron chi connectivity index (χ3n) is 4.27. The minimum absolute atomic E-state index is 0.324. The molecule has 4 atom stereocenters. The van der Waals surface area contributed by atoms with Crippen molar-refractivity contribution < 1.29 is 28.5 Å². The molecular weight excluding hydrogens is 336 g/mol. The summed E-state index contributed by atoms with van der Waals surface area (Å²) < 4.78 is 28.4. The second kappa shape index (κ2) is 7.72. The number of hydrogen-bond acceptors (Lipinski definition) is 6. The fraction of sp³-hybridized carbons (Fsp3) is 0.450. The van der Waals surface area contributed by atoms with E-state index in [0.29, 0.717) is 12.2 Å². The summed E-state index contributed by atoms with van der Waals surface area (Å²) in [6.45, 7) is 7.75. The molecule has 2 heterocycles. The Morgan fingerprint density at radius 3 is 2.81 bits per heavy atom. The molecule has 26 heavy (non-hydrogen) atoms. The van der Waals surface area contributed by atoms with Gasteiger partial charge in [0, 0.05) is 0 Å². The lowest BCUT2D eigenvalue weighted by Gasteiger charge is -2.24. The molecule has 2 aliphatic rings. The van der Waals surface area contributed by atoms with Crippen LogP contribution in [-0.2, 0) is 23.7 Å². The number of methoxy groups -OCH3 is 1. The topological polar surface area (TPSA) is 63.2 Å². The number of hydrogen-bond donors (Lipinski definition) is 0. The molecule has 6 nitrogen and oxygen atoms in total. The van der Waals surface area contributed by atoms with Crippen LogP contribution in [-0.4, -0.2) is 50.1 Å². The monoisotopic (exact) mass is 360 g/mol. The van der Waals surface area contributed by atoms with Gasteiger partial charge in [-0.2, -0.15) is 0 Å². The van der Waals surface area contributed by atoms with Gasteiger partial charge in [0.05, 0.1) is 19.3 Å². The van der Waals surface area contributed by atoms with Crippen LogP contribution in [0.15, 0.2) is 43.0 Å². The quantitative estimate of drug-likeness (QED) is 0.574. The van der Waals surface area contributed by atoms with Crippen LogP contribution >= 0.6 is 0 Å². The first kappa shape index (κ1) is 18.8. The molecule has 140 valence electrons. The molecule has 0 spiro atoms. The molecule has 2 aliphatic heterocycles. The first-order valence-electron chi connectivity index (χ1n) is 8.54. The van der Waals surface area contributed by atoms with Crippen molar-refractivity contribution in [2.75, 3.05) is 13.7 Å². The van der Waals surface area contributed by atoms with Gasteiger partial charge in [0.2, 0.25) is 0 Å². The summed E-state index contributed by atoms with van der Waals surface area (Å²) >= 11 is 0.